The molecule has 5 nitrogen and oxygen atoms in total. The van der Waals surface area contributed by atoms with Crippen LogP contribution in [0.5, 0.6) is 0 Å². The fourth-order valence-corrected chi connectivity index (χ4v) is 4.96. The molecule has 0 aromatic carbocycles. The summed E-state index contributed by atoms with van der Waals surface area (Å²) >= 11 is 1.66. The minimum Gasteiger partial charge on any atom is -0.354 e. The van der Waals surface area contributed by atoms with Crippen LogP contribution in [-0.2, 0) is 19.4 Å². The summed E-state index contributed by atoms with van der Waals surface area (Å²) in [7, 11) is 2.15. The molecular weight excluding hydrogens is 356 g/mol. The number of thiophene rings is 1. The second kappa shape index (κ2) is 7.98. The maximum atomic E-state index is 12.5. The lowest BCUT2D eigenvalue weighted by atomic mass is 9.90. The number of aromatic nitrogens is 1. The van der Waals surface area contributed by atoms with E-state index < -0.39 is 0 Å². The van der Waals surface area contributed by atoms with Gasteiger partial charge in [-0.15, -0.1) is 11.3 Å². The molecule has 1 fully saturated rings. The van der Waals surface area contributed by atoms with Crippen LogP contribution in [0, 0.1) is 5.92 Å². The van der Waals surface area contributed by atoms with Crippen LogP contribution >= 0.6 is 11.3 Å². The summed E-state index contributed by atoms with van der Waals surface area (Å²) in [5.74, 6) is 1.79. The number of pyridine rings is 1. The van der Waals surface area contributed by atoms with Crippen LogP contribution in [0.1, 0.15) is 39.0 Å². The first-order chi connectivity index (χ1) is 13.1. The SMILES string of the molecule is C[C@@H]1CCc2sc(C(=O)NCc3ccc(N4CCN(C)CC4)nc3)cc2C1. The van der Waals surface area contributed by atoms with E-state index in [-0.39, 0.29) is 5.91 Å². The third-order valence-electron chi connectivity index (χ3n) is 5.64. The smallest absolute Gasteiger partial charge is 0.261 e. The third-order valence-corrected chi connectivity index (χ3v) is 6.88. The largest absolute Gasteiger partial charge is 0.354 e. The Morgan fingerprint density at radius 2 is 2.11 bits per heavy atom. The summed E-state index contributed by atoms with van der Waals surface area (Å²) in [5, 5.41) is 3.05. The van der Waals surface area contributed by atoms with Crippen molar-refractivity contribution in [1.29, 1.82) is 0 Å². The third kappa shape index (κ3) is 4.33. The summed E-state index contributed by atoms with van der Waals surface area (Å²) in [4.78, 5) is 24.0. The van der Waals surface area contributed by atoms with E-state index in [1.807, 2.05) is 6.20 Å². The van der Waals surface area contributed by atoms with E-state index in [1.54, 1.807) is 11.3 Å². The second-order valence-corrected chi connectivity index (χ2v) is 9.04. The van der Waals surface area contributed by atoms with Crippen molar-refractivity contribution in [3.05, 3.63) is 45.3 Å². The highest BCUT2D eigenvalue weighted by molar-refractivity contribution is 7.14. The summed E-state index contributed by atoms with van der Waals surface area (Å²) < 4.78 is 0. The number of hydrogen-bond acceptors (Lipinski definition) is 5. The summed E-state index contributed by atoms with van der Waals surface area (Å²) in [6, 6.07) is 6.24. The molecule has 4 rings (SSSR count). The van der Waals surface area contributed by atoms with Crippen molar-refractivity contribution in [2.45, 2.75) is 32.7 Å². The molecule has 144 valence electrons. The molecule has 1 aliphatic heterocycles. The van der Waals surface area contributed by atoms with Crippen LogP contribution < -0.4 is 10.2 Å². The number of nitrogens with one attached hydrogen (secondary N) is 1. The zero-order valence-corrected chi connectivity index (χ0v) is 17.0. The van der Waals surface area contributed by atoms with Gasteiger partial charge in [0.25, 0.3) is 5.91 Å². The van der Waals surface area contributed by atoms with E-state index in [0.717, 1.165) is 61.2 Å². The van der Waals surface area contributed by atoms with Crippen molar-refractivity contribution >= 4 is 23.1 Å². The first-order valence-corrected chi connectivity index (χ1v) is 10.7. The maximum Gasteiger partial charge on any atom is 0.261 e. The van der Waals surface area contributed by atoms with Crippen LogP contribution in [0.4, 0.5) is 5.82 Å². The summed E-state index contributed by atoms with van der Waals surface area (Å²) in [6.45, 7) is 6.99. The van der Waals surface area contributed by atoms with Crippen molar-refractivity contribution < 1.29 is 4.79 Å². The fraction of sp³-hybridized carbons (Fsp3) is 0.524. The Balaban J connectivity index is 1.33. The molecule has 1 amide bonds. The average Bonchev–Trinajstić information content (AvgIpc) is 3.10. The molecule has 6 heteroatoms. The standard InChI is InChI=1S/C21H28N4OS/c1-15-3-5-18-17(11-15)12-19(27-18)21(26)23-14-16-4-6-20(22-13-16)25-9-7-24(2)8-10-25/h4,6,12-13,15H,3,5,7-11,14H2,1-2H3,(H,23,26)/t15-/m1/s1. The van der Waals surface area contributed by atoms with Crippen LogP contribution in [0.25, 0.3) is 0 Å². The van der Waals surface area contributed by atoms with Crippen molar-refractivity contribution in [2.24, 2.45) is 5.92 Å². The van der Waals surface area contributed by atoms with Gasteiger partial charge in [0.2, 0.25) is 0 Å². The number of carbonyl (C=O) groups excluding carboxylic acids is 1. The van der Waals surface area contributed by atoms with Gasteiger partial charge in [-0.2, -0.15) is 0 Å². The van der Waals surface area contributed by atoms with Gasteiger partial charge in [0.05, 0.1) is 4.88 Å². The van der Waals surface area contributed by atoms with Crippen LogP contribution in [0.3, 0.4) is 0 Å². The zero-order valence-electron chi connectivity index (χ0n) is 16.2. The molecule has 0 saturated carbocycles. The van der Waals surface area contributed by atoms with Crippen LogP contribution in [0.2, 0.25) is 0 Å². The molecule has 1 N–H and O–H groups in total. The molecule has 27 heavy (non-hydrogen) atoms. The van der Waals surface area contributed by atoms with Gasteiger partial charge in [-0.05, 0) is 55.5 Å². The Bertz CT molecular complexity index is 793. The Hall–Kier alpha value is -1.92. The van der Waals surface area contributed by atoms with E-state index in [2.05, 4.69) is 52.3 Å². The Labute approximate surface area is 165 Å². The lowest BCUT2D eigenvalue weighted by molar-refractivity contribution is 0.0955. The van der Waals surface area contributed by atoms with Gasteiger partial charge in [0.15, 0.2) is 0 Å². The van der Waals surface area contributed by atoms with E-state index in [4.69, 9.17) is 0 Å². The topological polar surface area (TPSA) is 48.5 Å². The highest BCUT2D eigenvalue weighted by atomic mass is 32.1. The molecule has 3 heterocycles. The van der Waals surface area contributed by atoms with Crippen molar-refractivity contribution in [3.63, 3.8) is 0 Å². The second-order valence-electron chi connectivity index (χ2n) is 7.90. The van der Waals surface area contributed by atoms with Gasteiger partial charge in [-0.25, -0.2) is 4.98 Å². The molecule has 0 bridgehead atoms. The monoisotopic (exact) mass is 384 g/mol. The quantitative estimate of drug-likeness (QED) is 0.881. The maximum absolute atomic E-state index is 12.5. The van der Waals surface area contributed by atoms with Gasteiger partial charge in [-0.3, -0.25) is 4.79 Å². The Morgan fingerprint density at radius 1 is 1.30 bits per heavy atom. The first kappa shape index (κ1) is 18.4. The zero-order chi connectivity index (χ0) is 18.8. The average molecular weight is 385 g/mol. The lowest BCUT2D eigenvalue weighted by Crippen LogP contribution is -2.44. The fourth-order valence-electron chi connectivity index (χ4n) is 3.83. The molecule has 0 radical (unpaired) electrons. The van der Waals surface area contributed by atoms with Crippen molar-refractivity contribution in [3.8, 4) is 0 Å². The molecule has 2 aromatic rings. The number of aryl methyl sites for hydroxylation is 1. The molecular formula is C21H28N4OS. The lowest BCUT2D eigenvalue weighted by Gasteiger charge is -2.33. The van der Waals surface area contributed by atoms with Gasteiger partial charge in [0.1, 0.15) is 5.82 Å². The molecule has 2 aliphatic rings. The number of piperazine rings is 1. The highest BCUT2D eigenvalue weighted by Gasteiger charge is 2.20. The van der Waals surface area contributed by atoms with Gasteiger partial charge in [0, 0.05) is 43.8 Å². The number of fused-ring (bicyclic) bond motifs is 1. The Kier molecular flexibility index (Phi) is 5.45. The first-order valence-electron chi connectivity index (χ1n) is 9.86. The molecule has 1 aliphatic carbocycles. The molecule has 0 unspecified atom stereocenters. The minimum absolute atomic E-state index is 0.0326. The number of carbonyl (C=O) groups is 1. The Morgan fingerprint density at radius 3 is 2.85 bits per heavy atom. The predicted octanol–water partition coefficient (Wildman–Crippen LogP) is 2.95. The van der Waals surface area contributed by atoms with Gasteiger partial charge < -0.3 is 15.1 Å². The van der Waals surface area contributed by atoms with E-state index in [0.29, 0.717) is 6.54 Å². The van der Waals surface area contributed by atoms with Gasteiger partial charge >= 0.3 is 0 Å². The molecule has 1 atom stereocenters. The van der Waals surface area contributed by atoms with Crippen molar-refractivity contribution in [2.75, 3.05) is 38.1 Å². The number of hydrogen-bond donors (Lipinski definition) is 1. The van der Waals surface area contributed by atoms with Crippen molar-refractivity contribution in [1.82, 2.24) is 15.2 Å². The number of amides is 1. The van der Waals surface area contributed by atoms with Crippen LogP contribution in [0.15, 0.2) is 24.4 Å². The van der Waals surface area contributed by atoms with Crippen LogP contribution in [-0.4, -0.2) is 49.0 Å². The predicted molar refractivity (Wildman–Crippen MR) is 111 cm³/mol. The summed E-state index contributed by atoms with van der Waals surface area (Å²) in [5.41, 5.74) is 2.42. The minimum atomic E-state index is 0.0326. The van der Waals surface area contributed by atoms with E-state index >= 15 is 0 Å². The molecule has 2 aromatic heterocycles. The number of nitrogens with zero attached hydrogens (tertiary/aromatic N) is 3. The normalized spacial score (nSPS) is 20.4. The van der Waals surface area contributed by atoms with Gasteiger partial charge in [-0.1, -0.05) is 13.0 Å². The van der Waals surface area contributed by atoms with E-state index in [1.165, 1.54) is 16.9 Å². The number of likely N-dealkylation sites (N-methyl/N-ethyl adjacent to an activating group) is 1. The van der Waals surface area contributed by atoms with E-state index in [9.17, 15) is 4.79 Å². The highest BCUT2D eigenvalue weighted by Crippen LogP contribution is 2.32. The summed E-state index contributed by atoms with van der Waals surface area (Å²) in [6.07, 6.45) is 5.35. The number of rotatable bonds is 4. The molecule has 1 saturated heterocycles. The number of anilines is 1. The molecule has 0 spiro atoms.